The minimum Gasteiger partial charge on any atom is -0.492 e. The van der Waals surface area contributed by atoms with Crippen molar-refractivity contribution < 1.29 is 4.74 Å². The van der Waals surface area contributed by atoms with Crippen molar-refractivity contribution in [2.75, 3.05) is 27.2 Å². The maximum absolute atomic E-state index is 5.90. The van der Waals surface area contributed by atoms with Crippen molar-refractivity contribution in [3.63, 3.8) is 0 Å². The fourth-order valence-corrected chi connectivity index (χ4v) is 4.95. The Morgan fingerprint density at radius 3 is 1.86 bits per heavy atom. The number of nitrogens with zero attached hydrogens (tertiary/aromatic N) is 1. The van der Waals surface area contributed by atoms with E-state index in [2.05, 4.69) is 111 Å². The summed E-state index contributed by atoms with van der Waals surface area (Å²) in [5.41, 5.74) is 4.46. The molecule has 0 spiro atoms. The Bertz CT molecular complexity index is 904. The Kier molecular flexibility index (Phi) is 5.73. The molecule has 1 saturated carbocycles. The molecule has 3 unspecified atom stereocenters. The minimum atomic E-state index is 0.163. The van der Waals surface area contributed by atoms with Crippen molar-refractivity contribution in [1.82, 2.24) is 4.90 Å². The summed E-state index contributed by atoms with van der Waals surface area (Å²) >= 11 is 0. The lowest BCUT2D eigenvalue weighted by molar-refractivity contribution is 0.261. The monoisotopic (exact) mass is 385 g/mol. The molecule has 0 bridgehead atoms. The molecule has 1 aliphatic rings. The molecule has 2 nitrogen and oxygen atoms in total. The highest BCUT2D eigenvalue weighted by Crippen LogP contribution is 2.72. The van der Waals surface area contributed by atoms with Gasteiger partial charge in [0, 0.05) is 23.8 Å². The maximum Gasteiger partial charge on any atom is 0.119 e. The van der Waals surface area contributed by atoms with Crippen LogP contribution in [0.5, 0.6) is 5.75 Å². The lowest BCUT2D eigenvalue weighted by Gasteiger charge is -2.17. The van der Waals surface area contributed by atoms with E-state index >= 15 is 0 Å². The summed E-state index contributed by atoms with van der Waals surface area (Å²) < 4.78 is 5.90. The van der Waals surface area contributed by atoms with Crippen LogP contribution in [0.1, 0.15) is 41.9 Å². The van der Waals surface area contributed by atoms with Gasteiger partial charge in [-0.25, -0.2) is 0 Å². The van der Waals surface area contributed by atoms with Crippen LogP contribution in [0.4, 0.5) is 0 Å². The summed E-state index contributed by atoms with van der Waals surface area (Å²) in [5, 5.41) is 0. The maximum atomic E-state index is 5.90. The van der Waals surface area contributed by atoms with Crippen LogP contribution in [0.15, 0.2) is 84.9 Å². The third-order valence-electron chi connectivity index (χ3n) is 6.44. The van der Waals surface area contributed by atoms with Crippen LogP contribution in [0.2, 0.25) is 0 Å². The van der Waals surface area contributed by atoms with Crippen LogP contribution >= 0.6 is 0 Å². The van der Waals surface area contributed by atoms with Gasteiger partial charge in [0.2, 0.25) is 0 Å². The Labute approximate surface area is 175 Å². The zero-order valence-corrected chi connectivity index (χ0v) is 17.7. The van der Waals surface area contributed by atoms with Crippen LogP contribution in [0.25, 0.3) is 0 Å². The van der Waals surface area contributed by atoms with Crippen molar-refractivity contribution in [1.29, 1.82) is 0 Å². The minimum absolute atomic E-state index is 0.163. The number of benzene rings is 3. The Hall–Kier alpha value is -2.58. The molecular weight excluding hydrogens is 354 g/mol. The molecule has 2 heteroatoms. The van der Waals surface area contributed by atoms with Gasteiger partial charge in [0.25, 0.3) is 0 Å². The van der Waals surface area contributed by atoms with Gasteiger partial charge < -0.3 is 9.64 Å². The molecule has 0 radical (unpaired) electrons. The van der Waals surface area contributed by atoms with E-state index in [1.54, 1.807) is 0 Å². The predicted molar refractivity (Wildman–Crippen MR) is 121 cm³/mol. The highest BCUT2D eigenvalue weighted by atomic mass is 16.5. The standard InChI is InChI=1S/C27H31NO/c1-4-27(23-13-9-6-10-14-23)25(21-11-7-5-8-12-21)26(27)22-15-17-24(18-16-22)29-20-19-28(2)3/h5-18,25-26H,4,19-20H2,1-3H3. The SMILES string of the molecule is CCC1(c2ccccc2)C(c2ccccc2)C1c1ccc(OCCN(C)C)cc1. The fourth-order valence-electron chi connectivity index (χ4n) is 4.95. The van der Waals surface area contributed by atoms with E-state index in [-0.39, 0.29) is 5.41 Å². The van der Waals surface area contributed by atoms with E-state index in [1.165, 1.54) is 16.7 Å². The highest BCUT2D eigenvalue weighted by molar-refractivity contribution is 5.54. The summed E-state index contributed by atoms with van der Waals surface area (Å²) in [6.07, 6.45) is 1.13. The number of hydrogen-bond acceptors (Lipinski definition) is 2. The van der Waals surface area contributed by atoms with Crippen molar-refractivity contribution in [2.45, 2.75) is 30.6 Å². The zero-order valence-electron chi connectivity index (χ0n) is 17.7. The lowest BCUT2D eigenvalue weighted by Crippen LogP contribution is -2.19. The first kappa shape index (κ1) is 19.7. The van der Waals surface area contributed by atoms with Gasteiger partial charge in [0.05, 0.1) is 0 Å². The van der Waals surface area contributed by atoms with Crippen molar-refractivity contribution in [3.05, 3.63) is 102 Å². The smallest absolute Gasteiger partial charge is 0.119 e. The van der Waals surface area contributed by atoms with Gasteiger partial charge in [-0.2, -0.15) is 0 Å². The summed E-state index contributed by atoms with van der Waals surface area (Å²) in [6, 6.07) is 30.9. The van der Waals surface area contributed by atoms with Gasteiger partial charge in [-0.3, -0.25) is 0 Å². The quantitative estimate of drug-likeness (QED) is 0.482. The van der Waals surface area contributed by atoms with Gasteiger partial charge in [0.1, 0.15) is 12.4 Å². The fraction of sp³-hybridized carbons (Fsp3) is 0.333. The van der Waals surface area contributed by atoms with Crippen LogP contribution in [-0.2, 0) is 5.41 Å². The van der Waals surface area contributed by atoms with Crippen molar-refractivity contribution in [3.8, 4) is 5.75 Å². The third kappa shape index (κ3) is 3.82. The van der Waals surface area contributed by atoms with E-state index < -0.39 is 0 Å². The second-order valence-corrected chi connectivity index (χ2v) is 8.35. The average Bonchev–Trinajstić information content (AvgIpc) is 3.45. The molecule has 1 aliphatic carbocycles. The number of hydrogen-bond donors (Lipinski definition) is 0. The van der Waals surface area contributed by atoms with E-state index in [0.717, 1.165) is 18.7 Å². The van der Waals surface area contributed by atoms with Crippen molar-refractivity contribution >= 4 is 0 Å². The largest absolute Gasteiger partial charge is 0.492 e. The molecule has 0 aromatic heterocycles. The average molecular weight is 386 g/mol. The van der Waals surface area contributed by atoms with Gasteiger partial charge in [-0.1, -0.05) is 79.7 Å². The molecule has 1 fully saturated rings. The van der Waals surface area contributed by atoms with Crippen LogP contribution in [-0.4, -0.2) is 32.1 Å². The normalized spacial score (nSPS) is 23.2. The molecule has 150 valence electrons. The van der Waals surface area contributed by atoms with Gasteiger partial charge in [-0.05, 0) is 49.3 Å². The van der Waals surface area contributed by atoms with E-state index in [0.29, 0.717) is 18.4 Å². The lowest BCUT2D eigenvalue weighted by atomic mass is 9.86. The van der Waals surface area contributed by atoms with E-state index in [1.807, 2.05) is 0 Å². The van der Waals surface area contributed by atoms with Gasteiger partial charge >= 0.3 is 0 Å². The molecule has 0 heterocycles. The zero-order chi connectivity index (χ0) is 20.3. The first-order valence-electron chi connectivity index (χ1n) is 10.6. The second-order valence-electron chi connectivity index (χ2n) is 8.35. The Morgan fingerprint density at radius 2 is 1.31 bits per heavy atom. The molecule has 0 amide bonds. The highest BCUT2D eigenvalue weighted by Gasteiger charge is 2.64. The second kappa shape index (κ2) is 8.42. The van der Waals surface area contributed by atoms with Crippen LogP contribution in [0.3, 0.4) is 0 Å². The van der Waals surface area contributed by atoms with Crippen molar-refractivity contribution in [2.24, 2.45) is 0 Å². The summed E-state index contributed by atoms with van der Waals surface area (Å²) in [7, 11) is 4.13. The first-order chi connectivity index (χ1) is 14.2. The molecule has 0 saturated heterocycles. The Morgan fingerprint density at radius 1 is 0.759 bits per heavy atom. The molecule has 3 aromatic rings. The summed E-state index contributed by atoms with van der Waals surface area (Å²) in [4.78, 5) is 2.14. The molecule has 29 heavy (non-hydrogen) atoms. The molecule has 4 rings (SSSR count). The summed E-state index contributed by atoms with van der Waals surface area (Å²) in [5.74, 6) is 1.96. The predicted octanol–water partition coefficient (Wildman–Crippen LogP) is 5.86. The number of likely N-dealkylation sites (N-methyl/N-ethyl adjacent to an activating group) is 1. The van der Waals surface area contributed by atoms with E-state index in [4.69, 9.17) is 4.74 Å². The van der Waals surface area contributed by atoms with Crippen LogP contribution < -0.4 is 4.74 Å². The number of ether oxygens (including phenoxy) is 1. The van der Waals surface area contributed by atoms with Gasteiger partial charge in [0.15, 0.2) is 0 Å². The van der Waals surface area contributed by atoms with E-state index in [9.17, 15) is 0 Å². The van der Waals surface area contributed by atoms with Crippen LogP contribution in [0, 0.1) is 0 Å². The topological polar surface area (TPSA) is 12.5 Å². The third-order valence-corrected chi connectivity index (χ3v) is 6.44. The Balaban J connectivity index is 1.64. The molecule has 3 aromatic carbocycles. The molecule has 3 atom stereocenters. The summed E-state index contributed by atoms with van der Waals surface area (Å²) in [6.45, 7) is 3.97. The first-order valence-corrected chi connectivity index (χ1v) is 10.6. The molecule has 0 N–H and O–H groups in total. The molecular formula is C27H31NO. The van der Waals surface area contributed by atoms with Gasteiger partial charge in [-0.15, -0.1) is 0 Å². The number of rotatable bonds is 8. The molecule has 0 aliphatic heterocycles.